The van der Waals surface area contributed by atoms with E-state index in [1.54, 1.807) is 0 Å². The molecule has 2 nitrogen and oxygen atoms in total. The first-order valence-corrected chi connectivity index (χ1v) is 20.1. The lowest BCUT2D eigenvalue weighted by atomic mass is 9.96. The van der Waals surface area contributed by atoms with Crippen molar-refractivity contribution in [1.82, 2.24) is 9.13 Å². The van der Waals surface area contributed by atoms with Gasteiger partial charge < -0.3 is 9.13 Å². The van der Waals surface area contributed by atoms with Crippen LogP contribution in [0.2, 0.25) is 0 Å². The van der Waals surface area contributed by atoms with Gasteiger partial charge in [-0.15, -0.1) is 0 Å². The minimum Gasteiger partial charge on any atom is -0.309 e. The normalized spacial score (nSPS) is 12.1. The van der Waals surface area contributed by atoms with Gasteiger partial charge >= 0.3 is 0 Å². The monoisotopic (exact) mass is 734 g/mol. The molecule has 1 aliphatic rings. The summed E-state index contributed by atoms with van der Waals surface area (Å²) in [6.07, 6.45) is 0. The van der Waals surface area contributed by atoms with Gasteiger partial charge in [-0.2, -0.15) is 0 Å². The van der Waals surface area contributed by atoms with Crippen LogP contribution in [0.5, 0.6) is 0 Å². The Morgan fingerprint density at radius 1 is 0.276 bits per heavy atom. The van der Waals surface area contributed by atoms with E-state index in [1.807, 2.05) is 0 Å². The lowest BCUT2D eigenvalue weighted by Gasteiger charge is -2.15. The smallest absolute Gasteiger partial charge is 0.0619 e. The maximum absolute atomic E-state index is 2.48. The second-order valence-corrected chi connectivity index (χ2v) is 15.7. The number of nitrogens with zero attached hydrogens (tertiary/aromatic N) is 2. The highest BCUT2D eigenvalue weighted by molar-refractivity contribution is 6.20. The third-order valence-corrected chi connectivity index (χ3v) is 12.6. The van der Waals surface area contributed by atoms with Crippen molar-refractivity contribution in [1.29, 1.82) is 0 Å². The Hall–Kier alpha value is -7.68. The van der Waals surface area contributed by atoms with Crippen LogP contribution >= 0.6 is 0 Å². The van der Waals surface area contributed by atoms with E-state index in [-0.39, 0.29) is 0 Å². The van der Waals surface area contributed by atoms with Crippen LogP contribution in [0, 0.1) is 0 Å². The third-order valence-electron chi connectivity index (χ3n) is 12.6. The van der Waals surface area contributed by atoms with E-state index in [4.69, 9.17) is 0 Å². The Morgan fingerprint density at radius 3 is 1.69 bits per heavy atom. The molecule has 0 fully saturated rings. The van der Waals surface area contributed by atoms with Crippen molar-refractivity contribution >= 4 is 65.2 Å². The van der Waals surface area contributed by atoms with Crippen molar-refractivity contribution in [3.63, 3.8) is 0 Å². The van der Waals surface area contributed by atoms with Gasteiger partial charge in [0, 0.05) is 38.2 Å². The molecule has 1 aliphatic carbocycles. The van der Waals surface area contributed by atoms with Gasteiger partial charge in [0.1, 0.15) is 0 Å². The number of hydrogen-bond donors (Lipinski definition) is 0. The number of rotatable bonds is 4. The second kappa shape index (κ2) is 11.9. The fraction of sp³-hybridized carbons (Fsp3) is 0. The summed E-state index contributed by atoms with van der Waals surface area (Å²) < 4.78 is 4.94. The first kappa shape index (κ1) is 31.5. The zero-order chi connectivity index (χ0) is 37.9. The summed E-state index contributed by atoms with van der Waals surface area (Å²) in [5, 5.41) is 10.2. The van der Waals surface area contributed by atoms with Gasteiger partial charge in [-0.25, -0.2) is 0 Å². The molecule has 2 heteroatoms. The van der Waals surface area contributed by atoms with Crippen LogP contribution in [0.1, 0.15) is 0 Å². The van der Waals surface area contributed by atoms with E-state index in [0.717, 1.165) is 5.69 Å². The SMILES string of the molecule is c1ccc(-n2c3cc(-c4ccc5c6ccccc6n(-c6ccccc6-c6ccc7c(c6)-c6cccc8cccc-7c68)c5c4)ccc3c3ccc4ccccc4c32)cc1. The summed E-state index contributed by atoms with van der Waals surface area (Å²) in [6, 6.07) is 76.3. The van der Waals surface area contributed by atoms with Crippen molar-refractivity contribution in [3.8, 4) is 55.9 Å². The summed E-state index contributed by atoms with van der Waals surface area (Å²) in [7, 11) is 0. The number of para-hydroxylation sites is 3. The van der Waals surface area contributed by atoms with Crippen LogP contribution in [0.25, 0.3) is 121 Å². The lowest BCUT2D eigenvalue weighted by Crippen LogP contribution is -1.97. The molecule has 0 spiro atoms. The van der Waals surface area contributed by atoms with Gasteiger partial charge in [-0.05, 0) is 97.6 Å². The van der Waals surface area contributed by atoms with Crippen molar-refractivity contribution in [2.24, 2.45) is 0 Å². The van der Waals surface area contributed by atoms with E-state index < -0.39 is 0 Å². The Morgan fingerprint density at radius 2 is 0.862 bits per heavy atom. The quantitative estimate of drug-likeness (QED) is 0.170. The van der Waals surface area contributed by atoms with E-state index in [9.17, 15) is 0 Å². The van der Waals surface area contributed by atoms with Crippen LogP contribution in [0.4, 0.5) is 0 Å². The summed E-state index contributed by atoms with van der Waals surface area (Å²) in [4.78, 5) is 0. The van der Waals surface area contributed by atoms with E-state index in [2.05, 4.69) is 215 Å². The van der Waals surface area contributed by atoms with Gasteiger partial charge in [-0.1, -0.05) is 164 Å². The zero-order valence-electron chi connectivity index (χ0n) is 31.5. The molecule has 0 radical (unpaired) electrons. The Bertz CT molecular complexity index is 3670. The molecule has 58 heavy (non-hydrogen) atoms. The van der Waals surface area contributed by atoms with Crippen molar-refractivity contribution in [2.75, 3.05) is 0 Å². The number of benzene rings is 10. The van der Waals surface area contributed by atoms with E-state index in [0.29, 0.717) is 0 Å². The van der Waals surface area contributed by atoms with Crippen LogP contribution in [0.15, 0.2) is 206 Å². The van der Waals surface area contributed by atoms with E-state index in [1.165, 1.54) is 115 Å². The summed E-state index contributed by atoms with van der Waals surface area (Å²) in [6.45, 7) is 0. The summed E-state index contributed by atoms with van der Waals surface area (Å²) in [5.41, 5.74) is 17.2. The Kier molecular flexibility index (Phi) is 6.47. The highest BCUT2D eigenvalue weighted by Crippen LogP contribution is 2.49. The average molecular weight is 735 g/mol. The molecule has 12 aromatic rings. The molecule has 0 atom stereocenters. The van der Waals surface area contributed by atoms with Gasteiger partial charge in [0.25, 0.3) is 0 Å². The molecule has 10 aromatic carbocycles. The fourth-order valence-electron chi connectivity index (χ4n) is 10.1. The van der Waals surface area contributed by atoms with E-state index >= 15 is 0 Å². The van der Waals surface area contributed by atoms with Crippen molar-refractivity contribution in [2.45, 2.75) is 0 Å². The minimum absolute atomic E-state index is 1.16. The van der Waals surface area contributed by atoms with Crippen molar-refractivity contribution in [3.05, 3.63) is 206 Å². The molecular formula is C56H34N2. The Balaban J connectivity index is 1.02. The molecule has 0 unspecified atom stereocenters. The molecular weight excluding hydrogens is 701 g/mol. The van der Waals surface area contributed by atoms with Gasteiger partial charge in [0.05, 0.1) is 27.8 Å². The minimum atomic E-state index is 1.16. The molecule has 268 valence electrons. The molecule has 0 aliphatic heterocycles. The molecule has 0 bridgehead atoms. The summed E-state index contributed by atoms with van der Waals surface area (Å²) >= 11 is 0. The van der Waals surface area contributed by atoms with Gasteiger partial charge in [-0.3, -0.25) is 0 Å². The average Bonchev–Trinajstić information content (AvgIpc) is 3.92. The van der Waals surface area contributed by atoms with Crippen LogP contribution in [-0.2, 0) is 0 Å². The standard InChI is InChI=1S/C56H34N2/c1-2-15-40(16-3-1)57-53-33-37(26-30-46(53)49-31-24-35-12-4-5-18-42(35)56(49)57)38-25-29-45-44-19-7-9-23-52(44)58(54(45)34-38)51-22-8-6-17-41(51)39-27-28-43-47-20-10-13-36-14-11-21-48(55(36)47)50(43)32-39/h1-34H. The molecule has 0 saturated carbocycles. The topological polar surface area (TPSA) is 9.86 Å². The Labute approximate surface area is 335 Å². The summed E-state index contributed by atoms with van der Waals surface area (Å²) in [5.74, 6) is 0. The van der Waals surface area contributed by atoms with Gasteiger partial charge in [0.15, 0.2) is 0 Å². The first-order valence-electron chi connectivity index (χ1n) is 20.1. The predicted octanol–water partition coefficient (Wildman–Crippen LogP) is 15.2. The van der Waals surface area contributed by atoms with Crippen LogP contribution in [0.3, 0.4) is 0 Å². The van der Waals surface area contributed by atoms with Crippen LogP contribution < -0.4 is 0 Å². The van der Waals surface area contributed by atoms with Crippen LogP contribution in [-0.4, -0.2) is 9.13 Å². The highest BCUT2D eigenvalue weighted by Gasteiger charge is 2.23. The third kappa shape index (κ3) is 4.37. The number of aromatic nitrogens is 2. The maximum Gasteiger partial charge on any atom is 0.0619 e. The molecule has 2 aromatic heterocycles. The maximum atomic E-state index is 2.48. The van der Waals surface area contributed by atoms with Crippen molar-refractivity contribution < 1.29 is 0 Å². The zero-order valence-corrected chi connectivity index (χ0v) is 31.5. The predicted molar refractivity (Wildman–Crippen MR) is 245 cm³/mol. The molecule has 0 amide bonds. The molecule has 0 N–H and O–H groups in total. The fourth-order valence-corrected chi connectivity index (χ4v) is 10.1. The number of fused-ring (bicyclic) bond motifs is 11. The van der Waals surface area contributed by atoms with Gasteiger partial charge in [0.2, 0.25) is 0 Å². The largest absolute Gasteiger partial charge is 0.309 e. The second-order valence-electron chi connectivity index (χ2n) is 15.7. The molecule has 2 heterocycles. The highest BCUT2D eigenvalue weighted by atomic mass is 15.0. The number of hydrogen-bond acceptors (Lipinski definition) is 0. The molecule has 0 saturated heterocycles. The molecule has 13 rings (SSSR count). The first-order chi connectivity index (χ1) is 28.8. The lowest BCUT2D eigenvalue weighted by molar-refractivity contribution is 1.18.